The molecule has 1 heterocycles. The number of nitrogens with one attached hydrogen (secondary N) is 1. The topological polar surface area (TPSA) is 15.3 Å². The summed E-state index contributed by atoms with van der Waals surface area (Å²) in [5.74, 6) is 0.969. The zero-order valence-corrected chi connectivity index (χ0v) is 14.4. The van der Waals surface area contributed by atoms with Crippen molar-refractivity contribution in [3.8, 4) is 0 Å². The molecule has 118 valence electrons. The summed E-state index contributed by atoms with van der Waals surface area (Å²) in [4.78, 5) is 2.65. The highest BCUT2D eigenvalue weighted by Gasteiger charge is 2.24. The van der Waals surface area contributed by atoms with E-state index in [1.165, 1.54) is 77.5 Å². The van der Waals surface area contributed by atoms with Crippen molar-refractivity contribution in [2.75, 3.05) is 32.4 Å². The minimum atomic E-state index is 0.807. The Kier molecular flexibility index (Phi) is 7.75. The molecule has 1 saturated carbocycles. The van der Waals surface area contributed by atoms with Gasteiger partial charge in [-0.1, -0.05) is 13.3 Å². The maximum atomic E-state index is 3.81. The van der Waals surface area contributed by atoms with Gasteiger partial charge in [-0.3, -0.25) is 0 Å². The van der Waals surface area contributed by atoms with Gasteiger partial charge in [-0.05, 0) is 83.3 Å². The Bertz CT molecular complexity index is 245. The van der Waals surface area contributed by atoms with Crippen LogP contribution in [0.15, 0.2) is 0 Å². The molecule has 0 aromatic rings. The van der Waals surface area contributed by atoms with Crippen molar-refractivity contribution in [3.05, 3.63) is 0 Å². The molecule has 3 heteroatoms. The molecule has 2 nitrogen and oxygen atoms in total. The van der Waals surface area contributed by atoms with Gasteiger partial charge in [-0.25, -0.2) is 0 Å². The quantitative estimate of drug-likeness (QED) is 0.720. The van der Waals surface area contributed by atoms with E-state index in [0.717, 1.165) is 17.2 Å². The smallest absolute Gasteiger partial charge is 0.00672 e. The number of likely N-dealkylation sites (tertiary alicyclic amines) is 1. The maximum Gasteiger partial charge on any atom is 0.00672 e. The number of hydrogen-bond acceptors (Lipinski definition) is 3. The molecule has 1 N–H and O–H groups in total. The molecule has 2 fully saturated rings. The van der Waals surface area contributed by atoms with Gasteiger partial charge in [-0.2, -0.15) is 11.8 Å². The van der Waals surface area contributed by atoms with Gasteiger partial charge in [-0.15, -0.1) is 0 Å². The monoisotopic (exact) mass is 298 g/mol. The molecule has 2 rings (SSSR count). The van der Waals surface area contributed by atoms with Crippen molar-refractivity contribution in [2.24, 2.45) is 5.92 Å². The van der Waals surface area contributed by atoms with Crippen LogP contribution >= 0.6 is 11.8 Å². The Labute approximate surface area is 130 Å². The van der Waals surface area contributed by atoms with Crippen LogP contribution in [0.25, 0.3) is 0 Å². The summed E-state index contributed by atoms with van der Waals surface area (Å²) in [6, 6.07) is 0.807. The third-order valence-corrected chi connectivity index (χ3v) is 6.47. The van der Waals surface area contributed by atoms with Crippen molar-refractivity contribution in [3.63, 3.8) is 0 Å². The van der Waals surface area contributed by atoms with E-state index in [1.807, 2.05) is 11.8 Å². The highest BCUT2D eigenvalue weighted by Crippen LogP contribution is 2.31. The summed E-state index contributed by atoms with van der Waals surface area (Å²) in [6.45, 7) is 7.63. The molecule has 1 unspecified atom stereocenters. The molecule has 1 aliphatic heterocycles. The number of nitrogens with zero attached hydrogens (tertiary/aromatic N) is 1. The Morgan fingerprint density at radius 3 is 2.45 bits per heavy atom. The first-order valence-corrected chi connectivity index (χ1v) is 10.1. The molecule has 0 aromatic heterocycles. The Morgan fingerprint density at radius 1 is 1.10 bits per heavy atom. The van der Waals surface area contributed by atoms with E-state index in [2.05, 4.69) is 23.4 Å². The van der Waals surface area contributed by atoms with E-state index < -0.39 is 0 Å². The molecule has 0 spiro atoms. The second-order valence-corrected chi connectivity index (χ2v) is 7.98. The van der Waals surface area contributed by atoms with Crippen LogP contribution in [-0.4, -0.2) is 48.6 Å². The number of piperidine rings is 1. The normalized spacial score (nSPS) is 30.3. The van der Waals surface area contributed by atoms with Crippen molar-refractivity contribution < 1.29 is 0 Å². The summed E-state index contributed by atoms with van der Waals surface area (Å²) in [7, 11) is 0. The Hall–Kier alpha value is 0.270. The average Bonchev–Trinajstić information content (AvgIpc) is 2.52. The fourth-order valence-corrected chi connectivity index (χ4v) is 4.43. The fraction of sp³-hybridized carbons (Fsp3) is 1.00. The molecular formula is C17H34N2S. The summed E-state index contributed by atoms with van der Waals surface area (Å²) in [5, 5.41) is 4.66. The SMILES string of the molecule is CSC(C)C1CCC(NCCCN2CCCCC2)CC1. The lowest BCUT2D eigenvalue weighted by Crippen LogP contribution is -2.37. The molecule has 0 radical (unpaired) electrons. The molecule has 1 aliphatic carbocycles. The zero-order valence-electron chi connectivity index (χ0n) is 13.6. The molecular weight excluding hydrogens is 264 g/mol. The van der Waals surface area contributed by atoms with E-state index in [9.17, 15) is 0 Å². The van der Waals surface area contributed by atoms with Gasteiger partial charge in [0.1, 0.15) is 0 Å². The lowest BCUT2D eigenvalue weighted by molar-refractivity contribution is 0.221. The third-order valence-electron chi connectivity index (χ3n) is 5.34. The van der Waals surface area contributed by atoms with Gasteiger partial charge in [0.2, 0.25) is 0 Å². The second-order valence-electron chi connectivity index (χ2n) is 6.76. The predicted molar refractivity (Wildman–Crippen MR) is 91.6 cm³/mol. The third kappa shape index (κ3) is 5.57. The van der Waals surface area contributed by atoms with Gasteiger partial charge in [0.15, 0.2) is 0 Å². The number of rotatable bonds is 7. The first-order chi connectivity index (χ1) is 9.79. The molecule has 0 amide bonds. The van der Waals surface area contributed by atoms with Gasteiger partial charge in [0.25, 0.3) is 0 Å². The molecule has 0 aromatic carbocycles. The van der Waals surface area contributed by atoms with Crippen LogP contribution in [0, 0.1) is 5.92 Å². The first kappa shape index (κ1) is 16.6. The summed E-state index contributed by atoms with van der Waals surface area (Å²) in [6.07, 6.45) is 13.6. The largest absolute Gasteiger partial charge is 0.314 e. The summed E-state index contributed by atoms with van der Waals surface area (Å²) >= 11 is 2.04. The van der Waals surface area contributed by atoms with Crippen LogP contribution in [0.2, 0.25) is 0 Å². The van der Waals surface area contributed by atoms with Crippen LogP contribution in [0.5, 0.6) is 0 Å². The standard InChI is InChI=1S/C17H34N2S/c1-15(20-2)16-7-9-17(10-8-16)18-11-6-14-19-12-4-3-5-13-19/h15-18H,3-14H2,1-2H3. The number of hydrogen-bond donors (Lipinski definition) is 1. The van der Waals surface area contributed by atoms with Crippen molar-refractivity contribution in [1.82, 2.24) is 10.2 Å². The van der Waals surface area contributed by atoms with E-state index in [1.54, 1.807) is 0 Å². The minimum absolute atomic E-state index is 0.807. The van der Waals surface area contributed by atoms with Gasteiger partial charge in [0, 0.05) is 11.3 Å². The first-order valence-electron chi connectivity index (χ1n) is 8.78. The highest BCUT2D eigenvalue weighted by molar-refractivity contribution is 7.99. The number of thioether (sulfide) groups is 1. The van der Waals surface area contributed by atoms with Crippen molar-refractivity contribution in [2.45, 2.75) is 69.6 Å². The Morgan fingerprint density at radius 2 is 1.80 bits per heavy atom. The minimum Gasteiger partial charge on any atom is -0.314 e. The van der Waals surface area contributed by atoms with E-state index in [-0.39, 0.29) is 0 Å². The van der Waals surface area contributed by atoms with Crippen molar-refractivity contribution in [1.29, 1.82) is 0 Å². The molecule has 2 aliphatic rings. The fourth-order valence-electron chi connectivity index (χ4n) is 3.78. The zero-order chi connectivity index (χ0) is 14.2. The Balaban J connectivity index is 1.50. The summed E-state index contributed by atoms with van der Waals surface area (Å²) < 4.78 is 0. The van der Waals surface area contributed by atoms with Crippen LogP contribution in [0.1, 0.15) is 58.3 Å². The van der Waals surface area contributed by atoms with Gasteiger partial charge in [0.05, 0.1) is 0 Å². The van der Waals surface area contributed by atoms with E-state index >= 15 is 0 Å². The molecule has 1 saturated heterocycles. The lowest BCUT2D eigenvalue weighted by Gasteiger charge is -2.32. The lowest BCUT2D eigenvalue weighted by atomic mass is 9.84. The molecule has 0 bridgehead atoms. The predicted octanol–water partition coefficient (Wildman–Crippen LogP) is 3.76. The average molecular weight is 299 g/mol. The van der Waals surface area contributed by atoms with E-state index in [4.69, 9.17) is 0 Å². The van der Waals surface area contributed by atoms with Crippen LogP contribution in [-0.2, 0) is 0 Å². The van der Waals surface area contributed by atoms with Gasteiger partial charge >= 0.3 is 0 Å². The second kappa shape index (κ2) is 9.32. The summed E-state index contributed by atoms with van der Waals surface area (Å²) in [5.41, 5.74) is 0. The maximum absolute atomic E-state index is 3.81. The molecule has 1 atom stereocenters. The van der Waals surface area contributed by atoms with Crippen molar-refractivity contribution >= 4 is 11.8 Å². The highest BCUT2D eigenvalue weighted by atomic mass is 32.2. The molecule has 20 heavy (non-hydrogen) atoms. The van der Waals surface area contributed by atoms with Crippen LogP contribution in [0.3, 0.4) is 0 Å². The van der Waals surface area contributed by atoms with Gasteiger partial charge < -0.3 is 10.2 Å². The van der Waals surface area contributed by atoms with E-state index in [0.29, 0.717) is 0 Å². The van der Waals surface area contributed by atoms with Crippen LogP contribution in [0.4, 0.5) is 0 Å². The van der Waals surface area contributed by atoms with Crippen LogP contribution < -0.4 is 5.32 Å².